The molecule has 116 valence electrons. The summed E-state index contributed by atoms with van der Waals surface area (Å²) in [7, 11) is 1.29. The highest BCUT2D eigenvalue weighted by molar-refractivity contribution is 7.09. The number of hydrogen-bond acceptors (Lipinski definition) is 6. The second-order valence-electron chi connectivity index (χ2n) is 5.09. The fourth-order valence-corrected chi connectivity index (χ4v) is 3.31. The zero-order chi connectivity index (χ0) is 15.4. The zero-order valence-electron chi connectivity index (χ0n) is 12.2. The quantitative estimate of drug-likeness (QED) is 0.846. The van der Waals surface area contributed by atoms with Crippen molar-refractivity contribution in [2.45, 2.75) is 44.8 Å². The van der Waals surface area contributed by atoms with Crippen LogP contribution in [0.4, 0.5) is 0 Å². The van der Waals surface area contributed by atoms with Crippen molar-refractivity contribution >= 4 is 23.2 Å². The number of esters is 1. The van der Waals surface area contributed by atoms with Crippen molar-refractivity contribution in [2.24, 2.45) is 0 Å². The molecule has 0 radical (unpaired) electrons. The van der Waals surface area contributed by atoms with Gasteiger partial charge >= 0.3 is 5.97 Å². The maximum atomic E-state index is 12.5. The lowest BCUT2D eigenvalue weighted by molar-refractivity contribution is -0.148. The molecule has 1 aliphatic heterocycles. The van der Waals surface area contributed by atoms with Gasteiger partial charge in [0.25, 0.3) is 5.91 Å². The first kappa shape index (κ1) is 15.9. The molecule has 2 rings (SSSR count). The van der Waals surface area contributed by atoms with Gasteiger partial charge in [-0.2, -0.15) is 0 Å². The molecule has 2 heterocycles. The number of aryl methyl sites for hydroxylation is 1. The van der Waals surface area contributed by atoms with Crippen molar-refractivity contribution in [3.05, 3.63) is 16.1 Å². The predicted octanol–water partition coefficient (Wildman–Crippen LogP) is 1.23. The number of amides is 1. The number of carbonyl (C=O) groups excluding carboxylic acids is 2. The highest BCUT2D eigenvalue weighted by Crippen LogP contribution is 2.22. The van der Waals surface area contributed by atoms with E-state index in [9.17, 15) is 14.7 Å². The van der Waals surface area contributed by atoms with E-state index in [1.54, 1.807) is 5.38 Å². The van der Waals surface area contributed by atoms with E-state index in [0.29, 0.717) is 18.7 Å². The minimum atomic E-state index is -0.734. The standard InChI is InChI=1S/C14H20N2O4S/c1-3-4-12-15-10(8-21-12)13(18)16-6-5-9(17)7-11(16)14(19)20-2/h8-9,11,17H,3-7H2,1-2H3/t9-,11+/m1/s1. The molecule has 1 fully saturated rings. The summed E-state index contributed by atoms with van der Waals surface area (Å²) in [5, 5.41) is 12.4. The third-order valence-electron chi connectivity index (χ3n) is 3.54. The predicted molar refractivity (Wildman–Crippen MR) is 78.2 cm³/mol. The SMILES string of the molecule is CCCc1nc(C(=O)N2CC[C@@H](O)C[C@H]2C(=O)OC)cs1. The molecular formula is C14H20N2O4S. The lowest BCUT2D eigenvalue weighted by Crippen LogP contribution is -2.51. The van der Waals surface area contributed by atoms with Gasteiger partial charge < -0.3 is 14.7 Å². The molecule has 7 heteroatoms. The molecule has 0 saturated carbocycles. The van der Waals surface area contributed by atoms with Crippen molar-refractivity contribution in [3.63, 3.8) is 0 Å². The number of thiazole rings is 1. The number of aliphatic hydroxyl groups is 1. The Morgan fingerprint density at radius 3 is 3.00 bits per heavy atom. The maximum Gasteiger partial charge on any atom is 0.328 e. The Morgan fingerprint density at radius 1 is 1.57 bits per heavy atom. The number of likely N-dealkylation sites (tertiary alicyclic amines) is 1. The number of nitrogens with zero attached hydrogens (tertiary/aromatic N) is 2. The minimum Gasteiger partial charge on any atom is -0.467 e. The Hall–Kier alpha value is -1.47. The fourth-order valence-electron chi connectivity index (χ4n) is 2.43. The van der Waals surface area contributed by atoms with Gasteiger partial charge in [0.2, 0.25) is 0 Å². The average molecular weight is 312 g/mol. The van der Waals surface area contributed by atoms with Gasteiger partial charge in [0.1, 0.15) is 11.7 Å². The molecule has 1 saturated heterocycles. The average Bonchev–Trinajstić information content (AvgIpc) is 2.94. The van der Waals surface area contributed by atoms with Crippen molar-refractivity contribution in [3.8, 4) is 0 Å². The van der Waals surface area contributed by atoms with E-state index in [4.69, 9.17) is 4.74 Å². The smallest absolute Gasteiger partial charge is 0.328 e. The summed E-state index contributed by atoms with van der Waals surface area (Å²) < 4.78 is 4.74. The molecule has 1 N–H and O–H groups in total. The molecular weight excluding hydrogens is 292 g/mol. The van der Waals surface area contributed by atoms with E-state index in [1.807, 2.05) is 0 Å². The molecule has 0 unspecified atom stereocenters. The largest absolute Gasteiger partial charge is 0.467 e. The van der Waals surface area contributed by atoms with Crippen LogP contribution in [0.3, 0.4) is 0 Å². The lowest BCUT2D eigenvalue weighted by Gasteiger charge is -2.35. The summed E-state index contributed by atoms with van der Waals surface area (Å²) in [5.41, 5.74) is 0.369. The number of carbonyl (C=O) groups is 2. The number of ether oxygens (including phenoxy) is 1. The Balaban J connectivity index is 2.16. The van der Waals surface area contributed by atoms with Gasteiger partial charge in [-0.3, -0.25) is 4.79 Å². The lowest BCUT2D eigenvalue weighted by atomic mass is 9.99. The molecule has 0 bridgehead atoms. The van der Waals surface area contributed by atoms with Gasteiger partial charge in [-0.1, -0.05) is 6.92 Å². The van der Waals surface area contributed by atoms with E-state index in [1.165, 1.54) is 23.3 Å². The van der Waals surface area contributed by atoms with Crippen LogP contribution in [0, 0.1) is 0 Å². The van der Waals surface area contributed by atoms with Gasteiger partial charge in [0.05, 0.1) is 18.2 Å². The van der Waals surface area contributed by atoms with Crippen LogP contribution in [0.25, 0.3) is 0 Å². The third-order valence-corrected chi connectivity index (χ3v) is 4.45. The number of methoxy groups -OCH3 is 1. The van der Waals surface area contributed by atoms with Crippen LogP contribution in [0.2, 0.25) is 0 Å². The van der Waals surface area contributed by atoms with Gasteiger partial charge in [-0.15, -0.1) is 11.3 Å². The fraction of sp³-hybridized carbons (Fsp3) is 0.643. The molecule has 0 spiro atoms. The second kappa shape index (κ2) is 7.00. The van der Waals surface area contributed by atoms with Crippen LogP contribution in [-0.2, 0) is 16.0 Å². The molecule has 0 aromatic carbocycles. The summed E-state index contributed by atoms with van der Waals surface area (Å²) >= 11 is 1.46. The Kier molecular flexibility index (Phi) is 5.30. The normalized spacial score (nSPS) is 22.1. The van der Waals surface area contributed by atoms with Crippen molar-refractivity contribution in [2.75, 3.05) is 13.7 Å². The molecule has 0 aliphatic carbocycles. The van der Waals surface area contributed by atoms with E-state index in [2.05, 4.69) is 11.9 Å². The molecule has 1 amide bonds. The Bertz CT molecular complexity index is 517. The topological polar surface area (TPSA) is 79.7 Å². The van der Waals surface area contributed by atoms with E-state index >= 15 is 0 Å². The first-order valence-electron chi connectivity index (χ1n) is 7.08. The van der Waals surface area contributed by atoms with Crippen LogP contribution in [0.1, 0.15) is 41.7 Å². The Labute approximate surface area is 127 Å². The van der Waals surface area contributed by atoms with Crippen LogP contribution in [-0.4, -0.2) is 52.7 Å². The van der Waals surface area contributed by atoms with Crippen LogP contribution < -0.4 is 0 Å². The van der Waals surface area contributed by atoms with Gasteiger partial charge in [0.15, 0.2) is 0 Å². The number of aliphatic hydroxyl groups excluding tert-OH is 1. The van der Waals surface area contributed by atoms with Gasteiger partial charge in [-0.05, 0) is 19.3 Å². The monoisotopic (exact) mass is 312 g/mol. The molecule has 1 aromatic heterocycles. The van der Waals surface area contributed by atoms with Crippen molar-refractivity contribution in [1.29, 1.82) is 0 Å². The number of piperidine rings is 1. The molecule has 1 aliphatic rings. The minimum absolute atomic E-state index is 0.213. The zero-order valence-corrected chi connectivity index (χ0v) is 13.1. The molecule has 21 heavy (non-hydrogen) atoms. The van der Waals surface area contributed by atoms with Crippen LogP contribution >= 0.6 is 11.3 Å². The highest BCUT2D eigenvalue weighted by Gasteiger charge is 2.37. The molecule has 1 aromatic rings. The van der Waals surface area contributed by atoms with Gasteiger partial charge in [0, 0.05) is 18.3 Å². The van der Waals surface area contributed by atoms with E-state index < -0.39 is 18.1 Å². The molecule has 6 nitrogen and oxygen atoms in total. The van der Waals surface area contributed by atoms with E-state index in [0.717, 1.165) is 17.8 Å². The van der Waals surface area contributed by atoms with Crippen molar-refractivity contribution in [1.82, 2.24) is 9.88 Å². The summed E-state index contributed by atoms with van der Waals surface area (Å²) in [6.45, 7) is 2.39. The summed E-state index contributed by atoms with van der Waals surface area (Å²) in [5.74, 6) is -0.762. The number of aromatic nitrogens is 1. The number of hydrogen-bond donors (Lipinski definition) is 1. The first-order valence-corrected chi connectivity index (χ1v) is 7.96. The summed E-state index contributed by atoms with van der Waals surface area (Å²) in [6.07, 6.45) is 1.92. The second-order valence-corrected chi connectivity index (χ2v) is 6.03. The Morgan fingerprint density at radius 2 is 2.33 bits per heavy atom. The van der Waals surface area contributed by atoms with Gasteiger partial charge in [-0.25, -0.2) is 9.78 Å². The molecule has 2 atom stereocenters. The third kappa shape index (κ3) is 3.59. The van der Waals surface area contributed by atoms with Crippen LogP contribution in [0.5, 0.6) is 0 Å². The number of rotatable bonds is 4. The van der Waals surface area contributed by atoms with E-state index in [-0.39, 0.29) is 12.3 Å². The summed E-state index contributed by atoms with van der Waals surface area (Å²) in [6, 6.07) is -0.734. The highest BCUT2D eigenvalue weighted by atomic mass is 32.1. The van der Waals surface area contributed by atoms with Crippen molar-refractivity contribution < 1.29 is 19.4 Å². The first-order chi connectivity index (χ1) is 10.1. The maximum absolute atomic E-state index is 12.5. The summed E-state index contributed by atoms with van der Waals surface area (Å²) in [4.78, 5) is 30.1. The van der Waals surface area contributed by atoms with Crippen LogP contribution in [0.15, 0.2) is 5.38 Å².